The molecule has 0 saturated heterocycles. The molecule has 0 fully saturated rings. The van der Waals surface area contributed by atoms with Crippen LogP contribution in [-0.4, -0.2) is 31.4 Å². The van der Waals surface area contributed by atoms with Crippen LogP contribution in [0.1, 0.15) is 11.1 Å². The van der Waals surface area contributed by atoms with Crippen molar-refractivity contribution >= 4 is 23.2 Å². The topological polar surface area (TPSA) is 72.1 Å². The van der Waals surface area contributed by atoms with Crippen LogP contribution in [0.4, 0.5) is 11.4 Å². The minimum absolute atomic E-state index is 0. The van der Waals surface area contributed by atoms with Crippen LogP contribution in [0.25, 0.3) is 0 Å². The number of carbonyl (C=O) groups is 2. The molecule has 2 aliphatic rings. The van der Waals surface area contributed by atoms with Gasteiger partial charge in [-0.05, 0) is 23.3 Å². The molecule has 2 aliphatic heterocycles. The SMILES string of the molecule is CN1C(=O)Cc2ccccc21.CN1C(=O)Cc2ccccc21.O. The van der Waals surface area contributed by atoms with Gasteiger partial charge in [-0.15, -0.1) is 0 Å². The highest BCUT2D eigenvalue weighted by molar-refractivity contribution is 6.01. The fraction of sp³-hybridized carbons (Fsp3) is 0.222. The molecule has 5 heteroatoms. The van der Waals surface area contributed by atoms with Gasteiger partial charge in [-0.25, -0.2) is 0 Å². The van der Waals surface area contributed by atoms with Gasteiger partial charge < -0.3 is 15.3 Å². The molecule has 5 nitrogen and oxygen atoms in total. The summed E-state index contributed by atoms with van der Waals surface area (Å²) in [7, 11) is 3.63. The number of rotatable bonds is 0. The highest BCUT2D eigenvalue weighted by Crippen LogP contribution is 2.27. The third kappa shape index (κ3) is 3.10. The van der Waals surface area contributed by atoms with E-state index in [0.29, 0.717) is 12.8 Å². The lowest BCUT2D eigenvalue weighted by molar-refractivity contribution is -0.117. The van der Waals surface area contributed by atoms with Crippen LogP contribution in [0, 0.1) is 0 Å². The predicted molar refractivity (Wildman–Crippen MR) is 90.7 cm³/mol. The molecule has 2 aromatic rings. The summed E-state index contributed by atoms with van der Waals surface area (Å²) < 4.78 is 0. The van der Waals surface area contributed by atoms with Gasteiger partial charge in [0.2, 0.25) is 11.8 Å². The third-order valence-electron chi connectivity index (χ3n) is 4.14. The van der Waals surface area contributed by atoms with Crippen LogP contribution in [-0.2, 0) is 22.4 Å². The molecule has 23 heavy (non-hydrogen) atoms. The minimum atomic E-state index is 0. The Hall–Kier alpha value is -2.66. The maximum atomic E-state index is 11.2. The Morgan fingerprint density at radius 3 is 1.39 bits per heavy atom. The Kier molecular flexibility index (Phi) is 4.81. The number of hydrogen-bond acceptors (Lipinski definition) is 2. The van der Waals surface area contributed by atoms with E-state index >= 15 is 0 Å². The Labute approximate surface area is 135 Å². The third-order valence-corrected chi connectivity index (χ3v) is 4.14. The van der Waals surface area contributed by atoms with Crippen molar-refractivity contribution in [1.29, 1.82) is 0 Å². The van der Waals surface area contributed by atoms with Gasteiger partial charge in [0.15, 0.2) is 0 Å². The number of amides is 2. The van der Waals surface area contributed by atoms with Crippen molar-refractivity contribution < 1.29 is 15.1 Å². The van der Waals surface area contributed by atoms with Crippen LogP contribution in [0.2, 0.25) is 0 Å². The minimum Gasteiger partial charge on any atom is -0.412 e. The molecule has 2 heterocycles. The highest BCUT2D eigenvalue weighted by atomic mass is 16.2. The first-order valence-corrected chi connectivity index (χ1v) is 7.27. The first-order valence-electron chi connectivity index (χ1n) is 7.27. The van der Waals surface area contributed by atoms with Gasteiger partial charge in [-0.3, -0.25) is 9.59 Å². The standard InChI is InChI=1S/2C9H9NO.H2O/c2*1-10-8-5-3-2-4-7(8)6-9(10)11;/h2*2-5H,6H2,1H3;1H2. The molecule has 0 saturated carbocycles. The van der Waals surface area contributed by atoms with E-state index in [9.17, 15) is 9.59 Å². The number of para-hydroxylation sites is 2. The summed E-state index contributed by atoms with van der Waals surface area (Å²) in [5, 5.41) is 0. The molecular weight excluding hydrogens is 292 g/mol. The number of fused-ring (bicyclic) bond motifs is 2. The molecule has 0 radical (unpaired) electrons. The smallest absolute Gasteiger partial charge is 0.231 e. The van der Waals surface area contributed by atoms with Crippen LogP contribution in [0.5, 0.6) is 0 Å². The van der Waals surface area contributed by atoms with Crippen molar-refractivity contribution in [3.8, 4) is 0 Å². The second-order valence-electron chi connectivity index (χ2n) is 5.52. The zero-order valence-corrected chi connectivity index (χ0v) is 13.2. The van der Waals surface area contributed by atoms with E-state index in [2.05, 4.69) is 0 Å². The maximum Gasteiger partial charge on any atom is 0.231 e. The van der Waals surface area contributed by atoms with Crippen molar-refractivity contribution in [2.45, 2.75) is 12.8 Å². The molecule has 0 spiro atoms. The fourth-order valence-electron chi connectivity index (χ4n) is 2.81. The van der Waals surface area contributed by atoms with Gasteiger partial charge in [0, 0.05) is 25.5 Å². The molecule has 0 aromatic heterocycles. The van der Waals surface area contributed by atoms with E-state index in [1.165, 1.54) is 0 Å². The first-order chi connectivity index (χ1) is 10.6. The van der Waals surface area contributed by atoms with Crippen LogP contribution in [0.15, 0.2) is 48.5 Å². The second-order valence-corrected chi connectivity index (χ2v) is 5.52. The van der Waals surface area contributed by atoms with Gasteiger partial charge in [-0.1, -0.05) is 36.4 Å². The zero-order valence-electron chi connectivity index (χ0n) is 13.2. The first kappa shape index (κ1) is 16.7. The van der Waals surface area contributed by atoms with E-state index < -0.39 is 0 Å². The van der Waals surface area contributed by atoms with E-state index in [-0.39, 0.29) is 17.3 Å². The summed E-state index contributed by atoms with van der Waals surface area (Å²) in [5.41, 5.74) is 4.38. The van der Waals surface area contributed by atoms with Crippen molar-refractivity contribution in [3.05, 3.63) is 59.7 Å². The van der Waals surface area contributed by atoms with Crippen LogP contribution in [0.3, 0.4) is 0 Å². The molecule has 0 unspecified atom stereocenters. The lowest BCUT2D eigenvalue weighted by atomic mass is 10.2. The Balaban J connectivity index is 0.000000160. The molecule has 0 bridgehead atoms. The van der Waals surface area contributed by atoms with Crippen molar-refractivity contribution in [3.63, 3.8) is 0 Å². The lowest BCUT2D eigenvalue weighted by Gasteiger charge is -2.08. The quantitative estimate of drug-likeness (QED) is 0.741. The van der Waals surface area contributed by atoms with E-state index in [1.54, 1.807) is 9.80 Å². The molecule has 2 amide bonds. The average molecular weight is 312 g/mol. The number of hydrogen-bond donors (Lipinski definition) is 0. The molecule has 120 valence electrons. The highest BCUT2D eigenvalue weighted by Gasteiger charge is 2.23. The molecule has 0 atom stereocenters. The number of likely N-dealkylation sites (N-methyl/N-ethyl adjacent to an activating group) is 2. The molecule has 2 N–H and O–H groups in total. The van der Waals surface area contributed by atoms with Gasteiger partial charge in [0.05, 0.1) is 12.8 Å². The Morgan fingerprint density at radius 2 is 1.04 bits per heavy atom. The monoisotopic (exact) mass is 312 g/mol. The number of nitrogens with zero attached hydrogens (tertiary/aromatic N) is 2. The Morgan fingerprint density at radius 1 is 0.696 bits per heavy atom. The predicted octanol–water partition coefficient (Wildman–Crippen LogP) is 1.59. The molecule has 4 rings (SSSR count). The molecule has 0 aliphatic carbocycles. The summed E-state index contributed by atoms with van der Waals surface area (Å²) in [6, 6.07) is 15.8. The van der Waals surface area contributed by atoms with E-state index in [1.807, 2.05) is 62.6 Å². The van der Waals surface area contributed by atoms with Gasteiger partial charge in [0.25, 0.3) is 0 Å². The number of benzene rings is 2. The summed E-state index contributed by atoms with van der Waals surface area (Å²) in [4.78, 5) is 25.7. The van der Waals surface area contributed by atoms with E-state index in [0.717, 1.165) is 22.5 Å². The van der Waals surface area contributed by atoms with Gasteiger partial charge in [0.1, 0.15) is 0 Å². The summed E-state index contributed by atoms with van der Waals surface area (Å²) in [5.74, 6) is 0.373. The van der Waals surface area contributed by atoms with Crippen molar-refractivity contribution in [1.82, 2.24) is 0 Å². The second kappa shape index (κ2) is 6.62. The van der Waals surface area contributed by atoms with Gasteiger partial charge >= 0.3 is 0 Å². The fourth-order valence-corrected chi connectivity index (χ4v) is 2.81. The lowest BCUT2D eigenvalue weighted by Crippen LogP contribution is -2.20. The largest absolute Gasteiger partial charge is 0.412 e. The average Bonchev–Trinajstić information content (AvgIpc) is 2.98. The Bertz CT molecular complexity index is 679. The maximum absolute atomic E-state index is 11.2. The summed E-state index contributed by atoms with van der Waals surface area (Å²) >= 11 is 0. The van der Waals surface area contributed by atoms with E-state index in [4.69, 9.17) is 0 Å². The van der Waals surface area contributed by atoms with Crippen LogP contribution < -0.4 is 9.80 Å². The summed E-state index contributed by atoms with van der Waals surface area (Å²) in [6.07, 6.45) is 1.12. The summed E-state index contributed by atoms with van der Waals surface area (Å²) in [6.45, 7) is 0. The van der Waals surface area contributed by atoms with Crippen molar-refractivity contribution in [2.24, 2.45) is 0 Å². The number of carbonyl (C=O) groups excluding carboxylic acids is 2. The molecule has 2 aromatic carbocycles. The zero-order chi connectivity index (χ0) is 15.7. The molecular formula is C18H20N2O3. The van der Waals surface area contributed by atoms with Gasteiger partial charge in [-0.2, -0.15) is 0 Å². The number of anilines is 2. The normalized spacial score (nSPS) is 14.7. The van der Waals surface area contributed by atoms with Crippen molar-refractivity contribution in [2.75, 3.05) is 23.9 Å². The van der Waals surface area contributed by atoms with Crippen LogP contribution >= 0.6 is 0 Å².